The summed E-state index contributed by atoms with van der Waals surface area (Å²) in [5.74, 6) is 0.0382. The van der Waals surface area contributed by atoms with Crippen LogP contribution in [0.4, 0.5) is 15.3 Å². The van der Waals surface area contributed by atoms with E-state index < -0.39 is 43.5 Å². The molecule has 2 aromatic rings. The molecule has 0 spiro atoms. The number of fused-ring (bicyclic) bond motifs is 1. The fraction of sp³-hybridized carbons (Fsp3) is 0.520. The van der Waals surface area contributed by atoms with E-state index in [9.17, 15) is 23.1 Å². The van der Waals surface area contributed by atoms with Crippen molar-refractivity contribution in [1.29, 1.82) is 0 Å². The number of nitrogens with one attached hydrogen (secondary N) is 2. The topological polar surface area (TPSA) is 138 Å². The molecule has 4 rings (SSSR count). The van der Waals surface area contributed by atoms with E-state index in [1.807, 2.05) is 6.07 Å². The van der Waals surface area contributed by atoms with Crippen LogP contribution in [-0.2, 0) is 21.0 Å². The van der Waals surface area contributed by atoms with Crippen molar-refractivity contribution in [3.8, 4) is 5.75 Å². The van der Waals surface area contributed by atoms with Crippen LogP contribution in [0.15, 0.2) is 33.8 Å². The van der Waals surface area contributed by atoms with Crippen molar-refractivity contribution in [2.75, 3.05) is 18.4 Å². The molecule has 2 heterocycles. The number of carbonyl (C=O) groups excluding carboxylic acids is 2. The number of furan rings is 1. The normalized spacial score (nSPS) is 20.2. The minimum atomic E-state index is -4.17. The molecule has 1 aromatic carbocycles. The summed E-state index contributed by atoms with van der Waals surface area (Å²) in [6.45, 7) is 5.46. The second kappa shape index (κ2) is 10.4. The van der Waals surface area contributed by atoms with Gasteiger partial charge >= 0.3 is 12.1 Å². The number of piperidine rings is 1. The van der Waals surface area contributed by atoms with Crippen molar-refractivity contribution in [3.63, 3.8) is 0 Å². The zero-order chi connectivity index (χ0) is 27.0. The van der Waals surface area contributed by atoms with E-state index in [1.54, 1.807) is 27.0 Å². The van der Waals surface area contributed by atoms with Gasteiger partial charge in [0.15, 0.2) is 15.6 Å². The van der Waals surface area contributed by atoms with Crippen LogP contribution >= 0.6 is 11.6 Å². The lowest BCUT2D eigenvalue weighted by Gasteiger charge is -2.34. The molecule has 202 valence electrons. The van der Waals surface area contributed by atoms with Gasteiger partial charge in [0.1, 0.15) is 16.3 Å². The second-order valence-electron chi connectivity index (χ2n) is 10.4. The van der Waals surface area contributed by atoms with Gasteiger partial charge in [-0.1, -0.05) is 11.6 Å². The Balaban J connectivity index is 1.51. The number of aryl methyl sites for hydroxylation is 1. The zero-order valence-electron chi connectivity index (χ0n) is 21.0. The molecule has 1 saturated heterocycles. The maximum Gasteiger partial charge on any atom is 0.410 e. The van der Waals surface area contributed by atoms with E-state index in [2.05, 4.69) is 10.6 Å². The lowest BCUT2D eigenvalue weighted by atomic mass is 9.94. The van der Waals surface area contributed by atoms with E-state index in [1.165, 1.54) is 17.0 Å². The van der Waals surface area contributed by atoms with Crippen molar-refractivity contribution < 1.29 is 32.3 Å². The van der Waals surface area contributed by atoms with Crippen molar-refractivity contribution >= 4 is 39.2 Å². The summed E-state index contributed by atoms with van der Waals surface area (Å²) in [7, 11) is -4.17. The molecule has 1 unspecified atom stereocenters. The lowest BCUT2D eigenvalue weighted by Crippen LogP contribution is -2.47. The number of amides is 3. The molecule has 1 aromatic heterocycles. The third-order valence-electron chi connectivity index (χ3n) is 6.43. The predicted octanol–water partition coefficient (Wildman–Crippen LogP) is 5.01. The lowest BCUT2D eigenvalue weighted by molar-refractivity contribution is 0.0219. The predicted molar refractivity (Wildman–Crippen MR) is 138 cm³/mol. The minimum Gasteiger partial charge on any atom is -0.504 e. The third-order valence-corrected chi connectivity index (χ3v) is 9.10. The molecule has 3 N–H and O–H groups in total. The molecule has 3 amide bonds. The molecule has 2 aliphatic rings. The SMILES string of the molecule is CC(C)(C)OC(=O)N1CCC[C@H](S(=O)(=O)c2c(Cl)ccc(NC(=O)NC3CCCc4ccoc43)c2O)C1. The first kappa shape index (κ1) is 27.1. The highest BCUT2D eigenvalue weighted by molar-refractivity contribution is 7.92. The monoisotopic (exact) mass is 553 g/mol. The number of aromatic hydroxyl groups is 1. The average Bonchev–Trinajstić information content (AvgIpc) is 3.30. The zero-order valence-corrected chi connectivity index (χ0v) is 22.6. The van der Waals surface area contributed by atoms with Crippen molar-refractivity contribution in [3.05, 3.63) is 40.8 Å². The maximum absolute atomic E-state index is 13.6. The number of benzene rings is 1. The number of carbonyl (C=O) groups is 2. The van der Waals surface area contributed by atoms with E-state index in [-0.39, 0.29) is 29.7 Å². The van der Waals surface area contributed by atoms with Crippen LogP contribution in [0.3, 0.4) is 0 Å². The summed E-state index contributed by atoms with van der Waals surface area (Å²) in [6, 6.07) is 3.56. The van der Waals surface area contributed by atoms with Crippen LogP contribution in [0.2, 0.25) is 5.02 Å². The number of likely N-dealkylation sites (tertiary alicyclic amines) is 1. The molecule has 0 saturated carbocycles. The number of hydrogen-bond acceptors (Lipinski definition) is 7. The van der Waals surface area contributed by atoms with Crippen LogP contribution in [-0.4, -0.2) is 54.5 Å². The Labute approximate surface area is 221 Å². The number of rotatable bonds is 4. The fourth-order valence-corrected chi connectivity index (χ4v) is 7.09. The Bertz CT molecular complexity index is 1290. The first-order valence-corrected chi connectivity index (χ1v) is 14.2. The Morgan fingerprint density at radius 2 is 1.95 bits per heavy atom. The summed E-state index contributed by atoms with van der Waals surface area (Å²) in [4.78, 5) is 26.1. The molecule has 12 heteroatoms. The Kier molecular flexibility index (Phi) is 7.66. The van der Waals surface area contributed by atoms with Crippen LogP contribution in [0.25, 0.3) is 0 Å². The number of halogens is 1. The Morgan fingerprint density at radius 3 is 2.68 bits per heavy atom. The van der Waals surface area contributed by atoms with E-state index >= 15 is 0 Å². The Morgan fingerprint density at radius 1 is 1.19 bits per heavy atom. The fourth-order valence-electron chi connectivity index (χ4n) is 4.71. The first-order chi connectivity index (χ1) is 17.4. The van der Waals surface area contributed by atoms with E-state index in [4.69, 9.17) is 20.8 Å². The molecule has 0 radical (unpaired) electrons. The first-order valence-electron chi connectivity index (χ1n) is 12.2. The van der Waals surface area contributed by atoms with Crippen molar-refractivity contribution in [1.82, 2.24) is 10.2 Å². The number of anilines is 1. The van der Waals surface area contributed by atoms with Crippen LogP contribution in [0, 0.1) is 0 Å². The van der Waals surface area contributed by atoms with Gasteiger partial charge in [-0.3, -0.25) is 0 Å². The van der Waals surface area contributed by atoms with Gasteiger partial charge in [-0.2, -0.15) is 0 Å². The van der Waals surface area contributed by atoms with Gasteiger partial charge in [-0.15, -0.1) is 0 Å². The molecule has 37 heavy (non-hydrogen) atoms. The van der Waals surface area contributed by atoms with Gasteiger partial charge in [0, 0.05) is 13.1 Å². The largest absolute Gasteiger partial charge is 0.504 e. The molecule has 1 aliphatic carbocycles. The van der Waals surface area contributed by atoms with Gasteiger partial charge in [0.25, 0.3) is 0 Å². The smallest absolute Gasteiger partial charge is 0.410 e. The minimum absolute atomic E-state index is 0.0989. The molecule has 1 aliphatic heterocycles. The Hall–Kier alpha value is -2.92. The van der Waals surface area contributed by atoms with Crippen molar-refractivity contribution in [2.24, 2.45) is 0 Å². The summed E-state index contributed by atoms with van der Waals surface area (Å²) < 4.78 is 38.1. The van der Waals surface area contributed by atoms with Crippen LogP contribution in [0.5, 0.6) is 5.75 Å². The highest BCUT2D eigenvalue weighted by atomic mass is 35.5. The van der Waals surface area contributed by atoms with Gasteiger partial charge in [-0.25, -0.2) is 18.0 Å². The highest BCUT2D eigenvalue weighted by Gasteiger charge is 2.38. The number of hydrogen-bond donors (Lipinski definition) is 3. The van der Waals surface area contributed by atoms with Gasteiger partial charge in [0.05, 0.1) is 28.3 Å². The number of urea groups is 1. The van der Waals surface area contributed by atoms with Gasteiger partial charge < -0.3 is 29.8 Å². The average molecular weight is 554 g/mol. The molecule has 1 fully saturated rings. The summed E-state index contributed by atoms with van der Waals surface area (Å²) >= 11 is 6.24. The van der Waals surface area contributed by atoms with Gasteiger partial charge in [0.2, 0.25) is 0 Å². The van der Waals surface area contributed by atoms with Gasteiger partial charge in [-0.05, 0) is 76.6 Å². The number of ether oxygens (including phenoxy) is 1. The van der Waals surface area contributed by atoms with Crippen molar-refractivity contribution in [2.45, 2.75) is 74.7 Å². The van der Waals surface area contributed by atoms with E-state index in [0.29, 0.717) is 25.1 Å². The number of phenols is 1. The number of sulfone groups is 1. The summed E-state index contributed by atoms with van der Waals surface area (Å²) in [6.07, 6.45) is 4.15. The standard InChI is InChI=1S/C25H32ClN3O7S/c1-25(2,3)36-24(32)29-12-5-7-16(14-29)37(33,34)22-17(26)9-10-18(20(22)30)27-23(31)28-19-8-4-6-15-11-13-35-21(15)19/h9-11,13,16,19,30H,4-8,12,14H2,1-3H3,(H2,27,28,31)/t16-,19?/m0/s1. The highest BCUT2D eigenvalue weighted by Crippen LogP contribution is 2.40. The molecular formula is C25H32ClN3O7S. The van der Waals surface area contributed by atoms with Crippen LogP contribution < -0.4 is 10.6 Å². The van der Waals surface area contributed by atoms with E-state index in [0.717, 1.165) is 18.4 Å². The molecule has 10 nitrogen and oxygen atoms in total. The van der Waals surface area contributed by atoms with Crippen LogP contribution in [0.1, 0.15) is 63.8 Å². The molecule has 0 bridgehead atoms. The number of nitrogens with zero attached hydrogens (tertiary/aromatic N) is 1. The molecule has 2 atom stereocenters. The maximum atomic E-state index is 13.6. The summed E-state index contributed by atoms with van der Waals surface area (Å²) in [5.41, 5.74) is 0.212. The third kappa shape index (κ3) is 5.98. The number of phenolic OH excluding ortho intramolecular Hbond substituents is 1. The summed E-state index contributed by atoms with van der Waals surface area (Å²) in [5, 5.41) is 15.1. The quantitative estimate of drug-likeness (QED) is 0.452. The molecular weight excluding hydrogens is 522 g/mol. The second-order valence-corrected chi connectivity index (χ2v) is 12.9.